The lowest BCUT2D eigenvalue weighted by molar-refractivity contribution is -0.139. The summed E-state index contributed by atoms with van der Waals surface area (Å²) in [5, 5.41) is 9.67. The third kappa shape index (κ3) is 4.15. The van der Waals surface area contributed by atoms with E-state index < -0.39 is 0 Å². The molecule has 1 spiro atoms. The smallest absolute Gasteiger partial charge is 0.253 e. The Morgan fingerprint density at radius 3 is 2.68 bits per heavy atom. The van der Waals surface area contributed by atoms with Gasteiger partial charge in [-0.2, -0.15) is 0 Å². The van der Waals surface area contributed by atoms with Crippen molar-refractivity contribution >= 4 is 23.4 Å². The Morgan fingerprint density at radius 2 is 1.96 bits per heavy atom. The number of aliphatic hydroxyl groups excluding tert-OH is 1. The van der Waals surface area contributed by atoms with Gasteiger partial charge in [-0.1, -0.05) is 11.6 Å². The Kier molecular flexibility index (Phi) is 5.64. The second-order valence-electron chi connectivity index (χ2n) is 7.23. The molecule has 0 aliphatic carbocycles. The van der Waals surface area contributed by atoms with Gasteiger partial charge in [-0.05, 0) is 49.9 Å². The summed E-state index contributed by atoms with van der Waals surface area (Å²) in [7, 11) is 0. The number of benzene rings is 1. The minimum atomic E-state index is -0.0102. The highest BCUT2D eigenvalue weighted by Gasteiger charge is 2.42. The summed E-state index contributed by atoms with van der Waals surface area (Å²) in [6, 6.07) is 7.02. The van der Waals surface area contributed by atoms with Crippen LogP contribution in [0.15, 0.2) is 24.3 Å². The van der Waals surface area contributed by atoms with Crippen LogP contribution in [-0.4, -0.2) is 59.5 Å². The first kappa shape index (κ1) is 18.2. The minimum absolute atomic E-state index is 0.0102. The standard InChI is InChI=1S/C19H25ClN2O3/c20-16-5-3-15(4-6-16)18(25)22-10-1-8-19(14-22)9-7-17(24)21(13-19)11-2-12-23/h3-6,23H,1-2,7-14H2/t19-/m0/s1. The predicted octanol–water partition coefficient (Wildman–Crippen LogP) is 2.57. The van der Waals surface area contributed by atoms with E-state index in [0.29, 0.717) is 43.1 Å². The first-order valence-electron chi connectivity index (χ1n) is 8.96. The second-order valence-corrected chi connectivity index (χ2v) is 7.67. The molecule has 2 heterocycles. The third-order valence-corrected chi connectivity index (χ3v) is 5.63. The van der Waals surface area contributed by atoms with Gasteiger partial charge >= 0.3 is 0 Å². The van der Waals surface area contributed by atoms with Crippen LogP contribution in [0.2, 0.25) is 5.02 Å². The molecule has 2 amide bonds. The maximum Gasteiger partial charge on any atom is 0.253 e. The van der Waals surface area contributed by atoms with Crippen LogP contribution in [0.5, 0.6) is 0 Å². The molecule has 0 aromatic heterocycles. The van der Waals surface area contributed by atoms with E-state index in [1.165, 1.54) is 0 Å². The highest BCUT2D eigenvalue weighted by Crippen LogP contribution is 2.39. The number of aliphatic hydroxyl groups is 1. The summed E-state index contributed by atoms with van der Waals surface area (Å²) < 4.78 is 0. The fourth-order valence-corrected chi connectivity index (χ4v) is 4.18. The number of nitrogens with zero attached hydrogens (tertiary/aromatic N) is 2. The molecular weight excluding hydrogens is 340 g/mol. The fourth-order valence-electron chi connectivity index (χ4n) is 4.06. The molecule has 2 saturated heterocycles. The van der Waals surface area contributed by atoms with Crippen molar-refractivity contribution in [2.75, 3.05) is 32.8 Å². The van der Waals surface area contributed by atoms with Gasteiger partial charge in [0, 0.05) is 55.2 Å². The molecule has 1 aromatic carbocycles. The molecule has 2 aliphatic rings. The van der Waals surface area contributed by atoms with Gasteiger partial charge in [0.25, 0.3) is 5.91 Å². The average molecular weight is 365 g/mol. The van der Waals surface area contributed by atoms with E-state index in [9.17, 15) is 9.59 Å². The van der Waals surface area contributed by atoms with Crippen LogP contribution in [0.25, 0.3) is 0 Å². The zero-order chi connectivity index (χ0) is 17.9. The van der Waals surface area contributed by atoms with E-state index in [1.54, 1.807) is 24.3 Å². The van der Waals surface area contributed by atoms with E-state index in [2.05, 4.69) is 0 Å². The maximum absolute atomic E-state index is 12.8. The molecule has 2 fully saturated rings. The number of piperidine rings is 2. The average Bonchev–Trinajstić information content (AvgIpc) is 2.63. The zero-order valence-corrected chi connectivity index (χ0v) is 15.2. The lowest BCUT2D eigenvalue weighted by Crippen LogP contribution is -2.55. The number of carbonyl (C=O) groups is 2. The van der Waals surface area contributed by atoms with E-state index in [0.717, 1.165) is 25.8 Å². The van der Waals surface area contributed by atoms with Crippen molar-refractivity contribution in [2.45, 2.75) is 32.1 Å². The molecule has 2 aliphatic heterocycles. The van der Waals surface area contributed by atoms with Crippen LogP contribution in [0, 0.1) is 5.41 Å². The van der Waals surface area contributed by atoms with Crippen molar-refractivity contribution in [3.05, 3.63) is 34.9 Å². The number of likely N-dealkylation sites (tertiary alicyclic amines) is 2. The summed E-state index contributed by atoms with van der Waals surface area (Å²) in [6.45, 7) is 2.83. The lowest BCUT2D eigenvalue weighted by Gasteiger charge is -2.48. The monoisotopic (exact) mass is 364 g/mol. The van der Waals surface area contributed by atoms with Gasteiger partial charge in [0.15, 0.2) is 0 Å². The summed E-state index contributed by atoms with van der Waals surface area (Å²) >= 11 is 5.91. The molecule has 1 N–H and O–H groups in total. The number of rotatable bonds is 4. The number of amides is 2. The normalized spacial score (nSPS) is 24.0. The van der Waals surface area contributed by atoms with Crippen molar-refractivity contribution in [3.8, 4) is 0 Å². The van der Waals surface area contributed by atoms with Crippen molar-refractivity contribution in [3.63, 3.8) is 0 Å². The van der Waals surface area contributed by atoms with Gasteiger partial charge in [-0.15, -0.1) is 0 Å². The molecule has 3 rings (SSSR count). The first-order valence-corrected chi connectivity index (χ1v) is 9.34. The highest BCUT2D eigenvalue weighted by atomic mass is 35.5. The van der Waals surface area contributed by atoms with Crippen LogP contribution in [-0.2, 0) is 4.79 Å². The van der Waals surface area contributed by atoms with Gasteiger partial charge in [-0.25, -0.2) is 0 Å². The number of carbonyl (C=O) groups excluding carboxylic acids is 2. The Hall–Kier alpha value is -1.59. The van der Waals surface area contributed by atoms with Gasteiger partial charge in [0.1, 0.15) is 0 Å². The van der Waals surface area contributed by atoms with Gasteiger partial charge < -0.3 is 14.9 Å². The highest BCUT2D eigenvalue weighted by molar-refractivity contribution is 6.30. The topological polar surface area (TPSA) is 60.9 Å². The summed E-state index contributed by atoms with van der Waals surface area (Å²) in [5.74, 6) is 0.203. The largest absolute Gasteiger partial charge is 0.396 e. The van der Waals surface area contributed by atoms with Crippen molar-refractivity contribution in [1.82, 2.24) is 9.80 Å². The van der Waals surface area contributed by atoms with Crippen molar-refractivity contribution < 1.29 is 14.7 Å². The maximum atomic E-state index is 12.8. The van der Waals surface area contributed by atoms with E-state index in [-0.39, 0.29) is 23.8 Å². The van der Waals surface area contributed by atoms with Crippen LogP contribution >= 0.6 is 11.6 Å². The second kappa shape index (κ2) is 7.75. The van der Waals surface area contributed by atoms with Crippen LogP contribution < -0.4 is 0 Å². The molecule has 0 bridgehead atoms. The summed E-state index contributed by atoms with van der Waals surface area (Å²) in [4.78, 5) is 28.8. The van der Waals surface area contributed by atoms with Gasteiger partial charge in [0.05, 0.1) is 0 Å². The quantitative estimate of drug-likeness (QED) is 0.893. The summed E-state index contributed by atoms with van der Waals surface area (Å²) in [6.07, 6.45) is 3.98. The van der Waals surface area contributed by atoms with E-state index >= 15 is 0 Å². The molecule has 136 valence electrons. The van der Waals surface area contributed by atoms with E-state index in [1.807, 2.05) is 9.80 Å². The van der Waals surface area contributed by atoms with Crippen molar-refractivity contribution in [2.24, 2.45) is 5.41 Å². The van der Waals surface area contributed by atoms with Crippen molar-refractivity contribution in [1.29, 1.82) is 0 Å². The SMILES string of the molecule is O=C1CC[C@@]2(CCCN(C(=O)c3ccc(Cl)cc3)C2)CN1CCCO. The fraction of sp³-hybridized carbons (Fsp3) is 0.579. The Balaban J connectivity index is 1.70. The molecule has 6 heteroatoms. The van der Waals surface area contributed by atoms with Crippen LogP contribution in [0.4, 0.5) is 0 Å². The lowest BCUT2D eigenvalue weighted by atomic mass is 9.73. The van der Waals surface area contributed by atoms with Gasteiger partial charge in [0.2, 0.25) is 5.91 Å². The third-order valence-electron chi connectivity index (χ3n) is 5.37. The van der Waals surface area contributed by atoms with Gasteiger partial charge in [-0.3, -0.25) is 9.59 Å². The molecule has 25 heavy (non-hydrogen) atoms. The molecule has 5 nitrogen and oxygen atoms in total. The summed E-state index contributed by atoms with van der Waals surface area (Å²) in [5.41, 5.74) is 0.648. The minimum Gasteiger partial charge on any atom is -0.396 e. The van der Waals surface area contributed by atoms with Crippen LogP contribution in [0.1, 0.15) is 42.5 Å². The van der Waals surface area contributed by atoms with E-state index in [4.69, 9.17) is 16.7 Å². The Bertz CT molecular complexity index is 634. The number of hydrogen-bond donors (Lipinski definition) is 1. The zero-order valence-electron chi connectivity index (χ0n) is 14.4. The molecule has 1 atom stereocenters. The molecular formula is C19H25ClN2O3. The molecule has 1 aromatic rings. The Morgan fingerprint density at radius 1 is 1.20 bits per heavy atom. The molecule has 0 unspecified atom stereocenters. The first-order chi connectivity index (χ1) is 12.0. The molecule has 0 saturated carbocycles. The Labute approximate surface area is 153 Å². The van der Waals surface area contributed by atoms with Crippen LogP contribution in [0.3, 0.4) is 0 Å². The number of halogens is 1. The predicted molar refractivity (Wildman–Crippen MR) is 96.5 cm³/mol. The number of hydrogen-bond acceptors (Lipinski definition) is 3. The molecule has 0 radical (unpaired) electrons.